The maximum atomic E-state index is 14.3. The van der Waals surface area contributed by atoms with E-state index in [4.69, 9.17) is 0 Å². The zero-order chi connectivity index (χ0) is 22.7. The molecule has 164 valence electrons. The summed E-state index contributed by atoms with van der Waals surface area (Å²) in [4.78, 5) is 30.5. The number of halogens is 1. The molecule has 2 aromatic carbocycles. The molecule has 4 rings (SSSR count). The number of rotatable bonds is 5. The molecule has 0 unspecified atom stereocenters. The van der Waals surface area contributed by atoms with E-state index in [-0.39, 0.29) is 17.2 Å². The van der Waals surface area contributed by atoms with Gasteiger partial charge in [0.1, 0.15) is 11.4 Å². The quantitative estimate of drug-likeness (QED) is 0.463. The Hall–Kier alpha value is -3.18. The van der Waals surface area contributed by atoms with E-state index in [1.54, 1.807) is 43.3 Å². The number of fused-ring (bicyclic) bond motifs is 1. The lowest BCUT2D eigenvalue weighted by molar-refractivity contribution is -0.120. The maximum Gasteiger partial charge on any atom is 0.266 e. The number of thioether (sulfide) groups is 1. The smallest absolute Gasteiger partial charge is 0.266 e. The summed E-state index contributed by atoms with van der Waals surface area (Å²) in [5, 5.41) is 13.2. The molecule has 1 saturated carbocycles. The van der Waals surface area contributed by atoms with Crippen molar-refractivity contribution in [2.24, 2.45) is 0 Å². The highest BCUT2D eigenvalue weighted by molar-refractivity contribution is 7.99. The van der Waals surface area contributed by atoms with Crippen LogP contribution in [0.5, 0.6) is 0 Å². The molecule has 6 nitrogen and oxygen atoms in total. The molecule has 8 heteroatoms. The standard InChI is InChI=1S/C24H23FN4O2S/c1-16-9-10-17(13-19(16)25)29-22(31)18-7-3-4-8-20(18)27-23(29)32-14-21(30)28-24(15-26)11-5-2-6-12-24/h3-4,7-10,13H,2,5-6,11-12,14H2,1H3,(H,28,30). The summed E-state index contributed by atoms with van der Waals surface area (Å²) in [5.74, 6) is -0.727. The van der Waals surface area contributed by atoms with Crippen LogP contribution < -0.4 is 10.9 Å². The van der Waals surface area contributed by atoms with E-state index in [0.717, 1.165) is 31.0 Å². The number of hydrogen-bond acceptors (Lipinski definition) is 5. The third kappa shape index (κ3) is 4.39. The summed E-state index contributed by atoms with van der Waals surface area (Å²) in [6.07, 6.45) is 4.16. The van der Waals surface area contributed by atoms with Crippen LogP contribution in [0.1, 0.15) is 37.7 Å². The van der Waals surface area contributed by atoms with Gasteiger partial charge in [-0.1, -0.05) is 49.2 Å². The number of aromatic nitrogens is 2. The van der Waals surface area contributed by atoms with Gasteiger partial charge in [-0.05, 0) is 49.6 Å². The van der Waals surface area contributed by atoms with Gasteiger partial charge in [-0.3, -0.25) is 14.2 Å². The van der Waals surface area contributed by atoms with Gasteiger partial charge >= 0.3 is 0 Å². The molecular weight excluding hydrogens is 427 g/mol. The van der Waals surface area contributed by atoms with Crippen LogP contribution >= 0.6 is 11.8 Å². The summed E-state index contributed by atoms with van der Waals surface area (Å²) in [6.45, 7) is 1.65. The fourth-order valence-electron chi connectivity index (χ4n) is 4.01. The van der Waals surface area contributed by atoms with Crippen molar-refractivity contribution in [2.45, 2.75) is 49.7 Å². The number of hydrogen-bond donors (Lipinski definition) is 1. The molecule has 1 aliphatic rings. The third-order valence-electron chi connectivity index (χ3n) is 5.79. The Balaban J connectivity index is 1.67. The van der Waals surface area contributed by atoms with Crippen molar-refractivity contribution in [3.8, 4) is 11.8 Å². The van der Waals surface area contributed by atoms with Gasteiger partial charge in [0.25, 0.3) is 5.56 Å². The highest BCUT2D eigenvalue weighted by Gasteiger charge is 2.33. The average Bonchev–Trinajstić information content (AvgIpc) is 2.80. The Morgan fingerprint density at radius 1 is 1.25 bits per heavy atom. The van der Waals surface area contributed by atoms with Gasteiger partial charge in [-0.15, -0.1) is 0 Å². The molecule has 1 heterocycles. The number of nitrogens with one attached hydrogen (secondary N) is 1. The van der Waals surface area contributed by atoms with Crippen LogP contribution in [0.25, 0.3) is 16.6 Å². The van der Waals surface area contributed by atoms with Crippen LogP contribution in [0.15, 0.2) is 52.4 Å². The molecule has 0 radical (unpaired) electrons. The number of benzene rings is 2. The number of aryl methyl sites for hydroxylation is 1. The van der Waals surface area contributed by atoms with Crippen molar-refractivity contribution in [1.29, 1.82) is 5.26 Å². The van der Waals surface area contributed by atoms with Crippen LogP contribution in [0.4, 0.5) is 4.39 Å². The number of carbonyl (C=O) groups is 1. The van der Waals surface area contributed by atoms with Crippen molar-refractivity contribution in [2.75, 3.05) is 5.75 Å². The van der Waals surface area contributed by atoms with Crippen molar-refractivity contribution in [3.63, 3.8) is 0 Å². The van der Waals surface area contributed by atoms with Crippen LogP contribution in [-0.2, 0) is 4.79 Å². The minimum atomic E-state index is -0.827. The van der Waals surface area contributed by atoms with E-state index < -0.39 is 11.4 Å². The van der Waals surface area contributed by atoms with Gasteiger partial charge in [0.15, 0.2) is 5.16 Å². The first-order valence-electron chi connectivity index (χ1n) is 10.6. The molecule has 1 fully saturated rings. The average molecular weight is 451 g/mol. The normalized spacial score (nSPS) is 15.3. The molecule has 0 spiro atoms. The second-order valence-corrected chi connectivity index (χ2v) is 9.02. The first-order valence-corrected chi connectivity index (χ1v) is 11.5. The molecule has 0 saturated heterocycles. The molecule has 1 aromatic heterocycles. The number of amides is 1. The minimum absolute atomic E-state index is 0.0114. The summed E-state index contributed by atoms with van der Waals surface area (Å²) < 4.78 is 15.6. The molecule has 0 atom stereocenters. The van der Waals surface area contributed by atoms with E-state index in [0.29, 0.717) is 40.2 Å². The second kappa shape index (κ2) is 9.13. The first-order chi connectivity index (χ1) is 15.4. The predicted molar refractivity (Wildman–Crippen MR) is 122 cm³/mol. The molecule has 1 aliphatic carbocycles. The first kappa shape index (κ1) is 22.0. The molecule has 3 aromatic rings. The predicted octanol–water partition coefficient (Wildman–Crippen LogP) is 4.27. The van der Waals surface area contributed by atoms with Crippen molar-refractivity contribution < 1.29 is 9.18 Å². The lowest BCUT2D eigenvalue weighted by atomic mass is 9.83. The van der Waals surface area contributed by atoms with Gasteiger partial charge in [-0.2, -0.15) is 5.26 Å². The van der Waals surface area contributed by atoms with E-state index in [1.807, 2.05) is 0 Å². The second-order valence-electron chi connectivity index (χ2n) is 8.08. The Bertz CT molecular complexity index is 1280. The zero-order valence-electron chi connectivity index (χ0n) is 17.7. The molecule has 0 aliphatic heterocycles. The number of para-hydroxylation sites is 1. The summed E-state index contributed by atoms with van der Waals surface area (Å²) in [5.41, 5.74) is 0.165. The molecule has 32 heavy (non-hydrogen) atoms. The Kier molecular flexibility index (Phi) is 6.28. The van der Waals surface area contributed by atoms with Gasteiger partial charge in [0.05, 0.1) is 28.4 Å². The molecular formula is C24H23FN4O2S. The SMILES string of the molecule is Cc1ccc(-n2c(SCC(=O)NC3(C#N)CCCCC3)nc3ccccc3c2=O)cc1F. The third-order valence-corrected chi connectivity index (χ3v) is 6.73. The van der Waals surface area contributed by atoms with Gasteiger partial charge < -0.3 is 5.32 Å². The lowest BCUT2D eigenvalue weighted by Gasteiger charge is -2.31. The van der Waals surface area contributed by atoms with E-state index in [9.17, 15) is 19.2 Å². The lowest BCUT2D eigenvalue weighted by Crippen LogP contribution is -2.49. The van der Waals surface area contributed by atoms with Gasteiger partial charge in [-0.25, -0.2) is 9.37 Å². The minimum Gasteiger partial charge on any atom is -0.337 e. The van der Waals surface area contributed by atoms with Gasteiger partial charge in [0, 0.05) is 0 Å². The fraction of sp³-hybridized carbons (Fsp3) is 0.333. The van der Waals surface area contributed by atoms with Crippen LogP contribution in [0.3, 0.4) is 0 Å². The zero-order valence-corrected chi connectivity index (χ0v) is 18.5. The number of nitrogens with zero attached hydrogens (tertiary/aromatic N) is 3. The summed E-state index contributed by atoms with van der Waals surface area (Å²) >= 11 is 1.09. The van der Waals surface area contributed by atoms with Crippen LogP contribution in [0.2, 0.25) is 0 Å². The monoisotopic (exact) mass is 450 g/mol. The summed E-state index contributed by atoms with van der Waals surface area (Å²) in [7, 11) is 0. The summed E-state index contributed by atoms with van der Waals surface area (Å²) in [6, 6.07) is 13.8. The largest absolute Gasteiger partial charge is 0.337 e. The topological polar surface area (TPSA) is 87.8 Å². The van der Waals surface area contributed by atoms with Gasteiger partial charge in [0.2, 0.25) is 5.91 Å². The molecule has 1 amide bonds. The van der Waals surface area contributed by atoms with Crippen molar-refractivity contribution in [3.05, 3.63) is 64.2 Å². The van der Waals surface area contributed by atoms with Crippen molar-refractivity contribution >= 4 is 28.6 Å². The molecule has 0 bridgehead atoms. The Morgan fingerprint density at radius 2 is 2.00 bits per heavy atom. The highest BCUT2D eigenvalue weighted by Crippen LogP contribution is 2.28. The van der Waals surface area contributed by atoms with E-state index >= 15 is 0 Å². The Morgan fingerprint density at radius 3 is 2.72 bits per heavy atom. The van der Waals surface area contributed by atoms with E-state index in [2.05, 4.69) is 16.4 Å². The number of carbonyl (C=O) groups excluding carboxylic acids is 1. The highest BCUT2D eigenvalue weighted by atomic mass is 32.2. The maximum absolute atomic E-state index is 14.3. The fourth-order valence-corrected chi connectivity index (χ4v) is 4.82. The van der Waals surface area contributed by atoms with Crippen molar-refractivity contribution in [1.82, 2.24) is 14.9 Å². The van der Waals surface area contributed by atoms with E-state index in [1.165, 1.54) is 10.6 Å². The molecule has 1 N–H and O–H groups in total. The number of nitriles is 1. The van der Waals surface area contributed by atoms with Crippen LogP contribution in [-0.4, -0.2) is 26.8 Å². The van der Waals surface area contributed by atoms with Crippen LogP contribution in [0, 0.1) is 24.1 Å². The Labute approximate surface area is 189 Å².